The van der Waals surface area contributed by atoms with Crippen molar-refractivity contribution in [3.63, 3.8) is 0 Å². The van der Waals surface area contributed by atoms with Crippen molar-refractivity contribution in [2.45, 2.75) is 57.5 Å². The molecule has 2 aromatic carbocycles. The second kappa shape index (κ2) is 10.9. The Balaban J connectivity index is 1.93. The van der Waals surface area contributed by atoms with Crippen LogP contribution in [0.5, 0.6) is 0 Å². The van der Waals surface area contributed by atoms with E-state index in [1.165, 1.54) is 12.1 Å². The predicted molar refractivity (Wildman–Crippen MR) is 115 cm³/mol. The van der Waals surface area contributed by atoms with E-state index in [0.717, 1.165) is 54.6 Å². The van der Waals surface area contributed by atoms with Gasteiger partial charge in [0.2, 0.25) is 5.91 Å². The molecular weight excluding hydrogens is 391 g/mol. The summed E-state index contributed by atoms with van der Waals surface area (Å²) in [6.07, 6.45) is 1.16. The van der Waals surface area contributed by atoms with E-state index in [1.54, 1.807) is 6.07 Å². The molecule has 1 unspecified atom stereocenters. The molecule has 5 N–H and O–H groups in total. The molecule has 1 atom stereocenters. The number of unbranched alkanes of at least 4 members (excludes halogenated alkanes) is 3. The van der Waals surface area contributed by atoms with Crippen molar-refractivity contribution >= 4 is 17.3 Å². The number of carbonyl (C=O) groups excluding carboxylic acids is 1. The number of alkyl halides is 3. The van der Waals surface area contributed by atoms with Crippen molar-refractivity contribution in [2.24, 2.45) is 5.73 Å². The molecule has 30 heavy (non-hydrogen) atoms. The molecule has 0 aliphatic rings. The first-order valence-electron chi connectivity index (χ1n) is 10.3. The summed E-state index contributed by atoms with van der Waals surface area (Å²) in [6, 6.07) is 10.6. The second-order valence-electron chi connectivity index (χ2n) is 7.52. The number of amides is 1. The first-order chi connectivity index (χ1) is 14.2. The Morgan fingerprint density at radius 1 is 1.07 bits per heavy atom. The Hall–Kier alpha value is -2.70. The van der Waals surface area contributed by atoms with Crippen LogP contribution in [0, 0.1) is 0 Å². The Bertz CT molecular complexity index is 819. The van der Waals surface area contributed by atoms with E-state index in [2.05, 4.69) is 12.2 Å². The van der Waals surface area contributed by atoms with Crippen molar-refractivity contribution in [2.75, 3.05) is 17.6 Å². The van der Waals surface area contributed by atoms with Gasteiger partial charge in [-0.25, -0.2) is 0 Å². The minimum atomic E-state index is -4.32. The van der Waals surface area contributed by atoms with Crippen LogP contribution in [-0.4, -0.2) is 12.5 Å². The average Bonchev–Trinajstić information content (AvgIpc) is 2.68. The van der Waals surface area contributed by atoms with Crippen LogP contribution in [0.4, 0.5) is 24.5 Å². The maximum atomic E-state index is 12.6. The van der Waals surface area contributed by atoms with E-state index in [9.17, 15) is 18.0 Å². The fraction of sp³-hybridized carbons (Fsp3) is 0.435. The molecule has 0 saturated heterocycles. The number of anilines is 2. The minimum absolute atomic E-state index is 0.374. The molecule has 0 saturated carbocycles. The van der Waals surface area contributed by atoms with Crippen LogP contribution < -0.4 is 16.8 Å². The summed E-state index contributed by atoms with van der Waals surface area (Å²) in [4.78, 5) is 11.9. The Morgan fingerprint density at radius 3 is 2.33 bits per heavy atom. The maximum Gasteiger partial charge on any atom is 0.416 e. The van der Waals surface area contributed by atoms with Crippen LogP contribution >= 0.6 is 0 Å². The molecule has 0 heterocycles. The van der Waals surface area contributed by atoms with Gasteiger partial charge in [0.25, 0.3) is 0 Å². The van der Waals surface area contributed by atoms with Gasteiger partial charge in [0.05, 0.1) is 11.5 Å². The molecule has 0 aromatic heterocycles. The van der Waals surface area contributed by atoms with E-state index >= 15 is 0 Å². The third kappa shape index (κ3) is 6.97. The Labute approximate surface area is 175 Å². The highest BCUT2D eigenvalue weighted by atomic mass is 19.4. The molecule has 0 aliphatic carbocycles. The molecule has 0 radical (unpaired) electrons. The molecule has 0 aliphatic heterocycles. The van der Waals surface area contributed by atoms with Crippen LogP contribution in [0.1, 0.15) is 61.6 Å². The number of nitrogen functional groups attached to an aromatic ring is 1. The van der Waals surface area contributed by atoms with E-state index < -0.39 is 17.7 Å². The molecular formula is C23H30F3N3O. The Morgan fingerprint density at radius 2 is 1.77 bits per heavy atom. The van der Waals surface area contributed by atoms with Gasteiger partial charge >= 0.3 is 6.18 Å². The summed E-state index contributed by atoms with van der Waals surface area (Å²) in [7, 11) is 0. The molecule has 1 amide bonds. The van der Waals surface area contributed by atoms with Crippen molar-refractivity contribution in [1.82, 2.24) is 0 Å². The number of halogens is 3. The number of benzene rings is 2. The van der Waals surface area contributed by atoms with Gasteiger partial charge in [-0.3, -0.25) is 4.79 Å². The largest absolute Gasteiger partial charge is 0.416 e. The maximum absolute atomic E-state index is 12.6. The van der Waals surface area contributed by atoms with Gasteiger partial charge in [-0.15, -0.1) is 0 Å². The van der Waals surface area contributed by atoms with Gasteiger partial charge in [-0.05, 0) is 48.2 Å². The van der Waals surface area contributed by atoms with E-state index in [0.29, 0.717) is 25.1 Å². The SMILES string of the molecule is CCCCCCC(C(N)=O)c1ccc(NCCc2ccc(C(F)(F)F)cc2)cc1N. The molecule has 0 fully saturated rings. The highest BCUT2D eigenvalue weighted by Crippen LogP contribution is 2.30. The lowest BCUT2D eigenvalue weighted by Gasteiger charge is -2.17. The third-order valence-corrected chi connectivity index (χ3v) is 5.18. The lowest BCUT2D eigenvalue weighted by atomic mass is 9.91. The molecule has 2 rings (SSSR count). The topological polar surface area (TPSA) is 81.1 Å². The standard InChI is InChI=1S/C23H30F3N3O/c1-2-3-4-5-6-20(22(28)30)19-12-11-18(15-21(19)27)29-14-13-16-7-9-17(10-8-16)23(24,25)26/h7-12,15,20,29H,2-6,13-14,27H2,1H3,(H2,28,30). The third-order valence-electron chi connectivity index (χ3n) is 5.18. The average molecular weight is 422 g/mol. The van der Waals surface area contributed by atoms with Crippen molar-refractivity contribution in [3.05, 3.63) is 59.2 Å². The second-order valence-corrected chi connectivity index (χ2v) is 7.52. The Kier molecular flexibility index (Phi) is 8.57. The summed E-state index contributed by atoms with van der Waals surface area (Å²) >= 11 is 0. The highest BCUT2D eigenvalue weighted by Gasteiger charge is 2.29. The van der Waals surface area contributed by atoms with Gasteiger partial charge in [-0.1, -0.05) is 50.8 Å². The monoisotopic (exact) mass is 421 g/mol. The van der Waals surface area contributed by atoms with Crippen LogP contribution in [-0.2, 0) is 17.4 Å². The van der Waals surface area contributed by atoms with Crippen molar-refractivity contribution < 1.29 is 18.0 Å². The number of nitrogens with one attached hydrogen (secondary N) is 1. The zero-order valence-electron chi connectivity index (χ0n) is 17.3. The molecule has 0 spiro atoms. The number of hydrogen-bond donors (Lipinski definition) is 3. The van der Waals surface area contributed by atoms with Crippen LogP contribution in [0.2, 0.25) is 0 Å². The first kappa shape index (κ1) is 23.6. The molecule has 164 valence electrons. The van der Waals surface area contributed by atoms with Crippen LogP contribution in [0.25, 0.3) is 0 Å². The van der Waals surface area contributed by atoms with Gasteiger partial charge in [0.1, 0.15) is 0 Å². The summed E-state index contributed by atoms with van der Waals surface area (Å²) in [5.74, 6) is -0.774. The number of nitrogens with two attached hydrogens (primary N) is 2. The van der Waals surface area contributed by atoms with E-state index in [4.69, 9.17) is 11.5 Å². The smallest absolute Gasteiger partial charge is 0.398 e. The van der Waals surface area contributed by atoms with Gasteiger partial charge < -0.3 is 16.8 Å². The van der Waals surface area contributed by atoms with Crippen molar-refractivity contribution in [1.29, 1.82) is 0 Å². The molecule has 7 heteroatoms. The summed E-state index contributed by atoms with van der Waals surface area (Å²) < 4.78 is 37.9. The molecule has 4 nitrogen and oxygen atoms in total. The van der Waals surface area contributed by atoms with Gasteiger partial charge in [0, 0.05) is 17.9 Å². The molecule has 0 bridgehead atoms. The molecule has 2 aromatic rings. The van der Waals surface area contributed by atoms with E-state index in [-0.39, 0.29) is 5.91 Å². The number of rotatable bonds is 11. The van der Waals surface area contributed by atoms with Gasteiger partial charge in [0.15, 0.2) is 0 Å². The van der Waals surface area contributed by atoms with Crippen LogP contribution in [0.3, 0.4) is 0 Å². The summed E-state index contributed by atoms with van der Waals surface area (Å²) in [5.41, 5.74) is 14.0. The number of hydrogen-bond acceptors (Lipinski definition) is 3. The fourth-order valence-electron chi connectivity index (χ4n) is 3.44. The lowest BCUT2D eigenvalue weighted by Crippen LogP contribution is -2.22. The first-order valence-corrected chi connectivity index (χ1v) is 10.3. The van der Waals surface area contributed by atoms with Crippen LogP contribution in [0.15, 0.2) is 42.5 Å². The quantitative estimate of drug-likeness (QED) is 0.332. The number of primary amides is 1. The minimum Gasteiger partial charge on any atom is -0.398 e. The number of carbonyl (C=O) groups is 1. The normalized spacial score (nSPS) is 12.5. The van der Waals surface area contributed by atoms with Gasteiger partial charge in [-0.2, -0.15) is 13.2 Å². The zero-order valence-corrected chi connectivity index (χ0v) is 17.3. The predicted octanol–water partition coefficient (Wildman–Crippen LogP) is 5.48. The lowest BCUT2D eigenvalue weighted by molar-refractivity contribution is -0.137. The fourth-order valence-corrected chi connectivity index (χ4v) is 3.44. The van der Waals surface area contributed by atoms with Crippen molar-refractivity contribution in [3.8, 4) is 0 Å². The highest BCUT2D eigenvalue weighted by molar-refractivity contribution is 5.84. The zero-order chi connectivity index (χ0) is 22.1. The summed E-state index contributed by atoms with van der Waals surface area (Å²) in [6.45, 7) is 2.67. The summed E-state index contributed by atoms with van der Waals surface area (Å²) in [5, 5.41) is 3.22. The van der Waals surface area contributed by atoms with E-state index in [1.807, 2.05) is 12.1 Å².